The van der Waals surface area contributed by atoms with Crippen molar-refractivity contribution in [1.29, 1.82) is 0 Å². The Labute approximate surface area is 118 Å². The van der Waals surface area contributed by atoms with Crippen molar-refractivity contribution in [3.8, 4) is 11.1 Å². The first-order chi connectivity index (χ1) is 9.54. The molecule has 0 amide bonds. The molecule has 0 spiro atoms. The summed E-state index contributed by atoms with van der Waals surface area (Å²) in [7, 11) is -3.71. The quantitative estimate of drug-likeness (QED) is 0.941. The molecule has 0 saturated heterocycles. The third-order valence-electron chi connectivity index (χ3n) is 3.32. The van der Waals surface area contributed by atoms with Gasteiger partial charge in [-0.25, -0.2) is 13.6 Å². The molecule has 2 aromatic carbocycles. The standard InChI is InChI=1S/C16H15NO2S/c17-20(18,19)16-4-2-1-3-15(16)14-9-7-13(8-10-14)11-12-5-6-12/h1-4,7-11H,5-6H2,(H2,17,18,19). The Hall–Kier alpha value is -1.91. The number of nitrogens with two attached hydrogens (primary N) is 1. The molecule has 0 radical (unpaired) electrons. The zero-order valence-corrected chi connectivity index (χ0v) is 11.7. The van der Waals surface area contributed by atoms with Gasteiger partial charge in [-0.2, -0.15) is 0 Å². The minimum absolute atomic E-state index is 0.160. The SMILES string of the molecule is NS(=O)(=O)c1ccccc1-c1ccc(C=C2CC2)cc1. The van der Waals surface area contributed by atoms with Crippen molar-refractivity contribution < 1.29 is 8.42 Å². The van der Waals surface area contributed by atoms with Gasteiger partial charge in [0.2, 0.25) is 10.0 Å². The van der Waals surface area contributed by atoms with E-state index in [4.69, 9.17) is 5.14 Å². The molecule has 1 fully saturated rings. The van der Waals surface area contributed by atoms with Crippen LogP contribution in [0.15, 0.2) is 59.0 Å². The molecule has 0 aromatic heterocycles. The molecule has 3 nitrogen and oxygen atoms in total. The van der Waals surface area contributed by atoms with Crippen molar-refractivity contribution in [2.45, 2.75) is 17.7 Å². The molecule has 0 unspecified atom stereocenters. The Morgan fingerprint density at radius 3 is 2.20 bits per heavy atom. The van der Waals surface area contributed by atoms with Gasteiger partial charge in [0.15, 0.2) is 0 Å². The Morgan fingerprint density at radius 2 is 1.60 bits per heavy atom. The number of allylic oxidation sites excluding steroid dienone is 1. The molecule has 2 aromatic rings. The summed E-state index contributed by atoms with van der Waals surface area (Å²) in [6.07, 6.45) is 4.56. The average molecular weight is 285 g/mol. The van der Waals surface area contributed by atoms with E-state index in [1.807, 2.05) is 30.3 Å². The molecule has 1 aliphatic rings. The van der Waals surface area contributed by atoms with Crippen LogP contribution in [0, 0.1) is 0 Å². The van der Waals surface area contributed by atoms with Gasteiger partial charge in [0.05, 0.1) is 4.90 Å². The first-order valence-electron chi connectivity index (χ1n) is 6.46. The molecular weight excluding hydrogens is 270 g/mol. The van der Waals surface area contributed by atoms with E-state index in [9.17, 15) is 8.42 Å². The number of benzene rings is 2. The molecule has 1 saturated carbocycles. The lowest BCUT2D eigenvalue weighted by molar-refractivity contribution is 0.598. The van der Waals surface area contributed by atoms with Crippen LogP contribution < -0.4 is 5.14 Å². The fourth-order valence-corrected chi connectivity index (χ4v) is 2.93. The van der Waals surface area contributed by atoms with Crippen molar-refractivity contribution >= 4 is 16.1 Å². The van der Waals surface area contributed by atoms with Crippen LogP contribution in [0.4, 0.5) is 0 Å². The van der Waals surface area contributed by atoms with E-state index in [0.29, 0.717) is 5.56 Å². The summed E-state index contributed by atoms with van der Waals surface area (Å²) in [4.78, 5) is 0.160. The highest BCUT2D eigenvalue weighted by atomic mass is 32.2. The predicted octanol–water partition coefficient (Wildman–Crippen LogP) is 3.18. The summed E-state index contributed by atoms with van der Waals surface area (Å²) in [6.45, 7) is 0. The summed E-state index contributed by atoms with van der Waals surface area (Å²) in [5.41, 5.74) is 4.10. The predicted molar refractivity (Wildman–Crippen MR) is 80.5 cm³/mol. The van der Waals surface area contributed by atoms with Gasteiger partial charge >= 0.3 is 0 Å². The van der Waals surface area contributed by atoms with Gasteiger partial charge in [-0.05, 0) is 30.0 Å². The van der Waals surface area contributed by atoms with Crippen LogP contribution in [-0.4, -0.2) is 8.42 Å². The van der Waals surface area contributed by atoms with E-state index < -0.39 is 10.0 Å². The second-order valence-corrected chi connectivity index (χ2v) is 6.50. The number of sulfonamides is 1. The lowest BCUT2D eigenvalue weighted by Crippen LogP contribution is -2.13. The topological polar surface area (TPSA) is 60.2 Å². The third-order valence-corrected chi connectivity index (χ3v) is 4.29. The van der Waals surface area contributed by atoms with Crippen LogP contribution in [-0.2, 0) is 10.0 Å². The number of hydrogen-bond acceptors (Lipinski definition) is 2. The lowest BCUT2D eigenvalue weighted by atomic mass is 10.0. The maximum atomic E-state index is 11.6. The molecule has 0 atom stereocenters. The van der Waals surface area contributed by atoms with E-state index >= 15 is 0 Å². The van der Waals surface area contributed by atoms with E-state index in [-0.39, 0.29) is 4.90 Å². The zero-order valence-electron chi connectivity index (χ0n) is 10.9. The Bertz CT molecular complexity index is 768. The van der Waals surface area contributed by atoms with Crippen LogP contribution in [0.1, 0.15) is 18.4 Å². The largest absolute Gasteiger partial charge is 0.238 e. The van der Waals surface area contributed by atoms with Gasteiger partial charge < -0.3 is 0 Å². The minimum atomic E-state index is -3.71. The van der Waals surface area contributed by atoms with E-state index in [2.05, 4.69) is 6.08 Å². The molecular formula is C16H15NO2S. The number of primary sulfonamides is 1. The van der Waals surface area contributed by atoms with Crippen molar-refractivity contribution in [1.82, 2.24) is 0 Å². The fourth-order valence-electron chi connectivity index (χ4n) is 2.16. The Morgan fingerprint density at radius 1 is 0.950 bits per heavy atom. The van der Waals surface area contributed by atoms with Gasteiger partial charge in [-0.3, -0.25) is 0 Å². The summed E-state index contributed by atoms with van der Waals surface area (Å²) in [6, 6.07) is 14.6. The van der Waals surface area contributed by atoms with Gasteiger partial charge in [-0.15, -0.1) is 0 Å². The Kier molecular flexibility index (Phi) is 3.20. The van der Waals surface area contributed by atoms with Crippen molar-refractivity contribution in [3.05, 3.63) is 59.7 Å². The van der Waals surface area contributed by atoms with Crippen LogP contribution in [0.3, 0.4) is 0 Å². The first-order valence-corrected chi connectivity index (χ1v) is 8.00. The van der Waals surface area contributed by atoms with E-state index in [0.717, 1.165) is 11.1 Å². The summed E-state index contributed by atoms with van der Waals surface area (Å²) >= 11 is 0. The molecule has 20 heavy (non-hydrogen) atoms. The van der Waals surface area contributed by atoms with Gasteiger partial charge in [0, 0.05) is 5.56 Å². The monoisotopic (exact) mass is 285 g/mol. The number of hydrogen-bond donors (Lipinski definition) is 1. The second kappa shape index (κ2) is 4.89. The number of rotatable bonds is 3. The third kappa shape index (κ3) is 2.81. The van der Waals surface area contributed by atoms with Crippen LogP contribution in [0.25, 0.3) is 17.2 Å². The highest BCUT2D eigenvalue weighted by Crippen LogP contribution is 2.31. The highest BCUT2D eigenvalue weighted by molar-refractivity contribution is 7.89. The molecule has 102 valence electrons. The average Bonchev–Trinajstić information content (AvgIpc) is 3.23. The molecule has 0 bridgehead atoms. The summed E-state index contributed by atoms with van der Waals surface area (Å²) in [5.74, 6) is 0. The maximum absolute atomic E-state index is 11.6. The first kappa shape index (κ1) is 13.1. The lowest BCUT2D eigenvalue weighted by Gasteiger charge is -2.08. The molecule has 3 rings (SSSR count). The van der Waals surface area contributed by atoms with Crippen LogP contribution in [0.5, 0.6) is 0 Å². The van der Waals surface area contributed by atoms with Crippen LogP contribution >= 0.6 is 0 Å². The minimum Gasteiger partial charge on any atom is -0.225 e. The van der Waals surface area contributed by atoms with Gasteiger partial charge in [-0.1, -0.05) is 54.1 Å². The maximum Gasteiger partial charge on any atom is 0.238 e. The van der Waals surface area contributed by atoms with E-state index in [1.54, 1.807) is 12.1 Å². The molecule has 0 heterocycles. The highest BCUT2D eigenvalue weighted by Gasteiger charge is 2.14. The van der Waals surface area contributed by atoms with Crippen molar-refractivity contribution in [2.75, 3.05) is 0 Å². The summed E-state index contributed by atoms with van der Waals surface area (Å²) < 4.78 is 23.2. The van der Waals surface area contributed by atoms with Crippen molar-refractivity contribution in [2.24, 2.45) is 5.14 Å². The van der Waals surface area contributed by atoms with Crippen LogP contribution in [0.2, 0.25) is 0 Å². The van der Waals surface area contributed by atoms with Gasteiger partial charge in [0.1, 0.15) is 0 Å². The molecule has 2 N–H and O–H groups in total. The van der Waals surface area contributed by atoms with Gasteiger partial charge in [0.25, 0.3) is 0 Å². The Balaban J connectivity index is 2.03. The summed E-state index contributed by atoms with van der Waals surface area (Å²) in [5, 5.41) is 5.26. The zero-order chi connectivity index (χ0) is 14.2. The molecule has 0 aliphatic heterocycles. The van der Waals surface area contributed by atoms with Crippen molar-refractivity contribution in [3.63, 3.8) is 0 Å². The molecule has 1 aliphatic carbocycles. The fraction of sp³-hybridized carbons (Fsp3) is 0.125. The smallest absolute Gasteiger partial charge is 0.225 e. The second-order valence-electron chi connectivity index (χ2n) is 4.97. The normalized spacial score (nSPS) is 14.2. The molecule has 4 heteroatoms. The van der Waals surface area contributed by atoms with E-state index in [1.165, 1.54) is 24.5 Å².